The summed E-state index contributed by atoms with van der Waals surface area (Å²) in [6.07, 6.45) is 0.684. The van der Waals surface area contributed by atoms with E-state index in [0.717, 1.165) is 4.88 Å². The number of carbonyl (C=O) groups excluding carboxylic acids is 1. The molecule has 19 heavy (non-hydrogen) atoms. The van der Waals surface area contributed by atoms with Gasteiger partial charge >= 0.3 is 11.9 Å². The summed E-state index contributed by atoms with van der Waals surface area (Å²) in [4.78, 5) is 23.3. The van der Waals surface area contributed by atoms with Crippen LogP contribution in [-0.2, 0) is 16.1 Å². The zero-order chi connectivity index (χ0) is 14.4. The molecule has 1 heterocycles. The molecule has 1 aromatic rings. The lowest BCUT2D eigenvalue weighted by molar-refractivity contribution is -0.143. The number of methoxy groups -OCH3 is 1. The van der Waals surface area contributed by atoms with Crippen molar-refractivity contribution in [2.75, 3.05) is 7.11 Å². The Balaban J connectivity index is 2.59. The summed E-state index contributed by atoms with van der Waals surface area (Å²) in [5, 5.41) is 13.5. The Morgan fingerprint density at radius 3 is 2.63 bits per heavy atom. The van der Waals surface area contributed by atoms with E-state index >= 15 is 0 Å². The van der Waals surface area contributed by atoms with Crippen molar-refractivity contribution in [1.29, 1.82) is 0 Å². The first-order valence-corrected chi connectivity index (χ1v) is 6.94. The van der Waals surface area contributed by atoms with Crippen molar-refractivity contribution in [2.45, 2.75) is 32.9 Å². The van der Waals surface area contributed by atoms with Crippen molar-refractivity contribution >= 4 is 23.3 Å². The number of carbonyl (C=O) groups is 2. The molecule has 5 nitrogen and oxygen atoms in total. The van der Waals surface area contributed by atoms with Gasteiger partial charge in [-0.3, -0.25) is 10.1 Å². The van der Waals surface area contributed by atoms with E-state index in [2.05, 4.69) is 5.32 Å². The molecular weight excluding hydrogens is 266 g/mol. The number of esters is 1. The maximum Gasteiger partial charge on any atom is 0.336 e. The van der Waals surface area contributed by atoms with Crippen molar-refractivity contribution < 1.29 is 19.4 Å². The molecule has 0 bridgehead atoms. The number of ether oxygens (including phenoxy) is 1. The number of carboxylic acids is 1. The van der Waals surface area contributed by atoms with Crippen molar-refractivity contribution in [3.8, 4) is 0 Å². The predicted octanol–water partition coefficient (Wildman–Crippen LogP) is 2.12. The van der Waals surface area contributed by atoms with E-state index in [-0.39, 0.29) is 17.6 Å². The monoisotopic (exact) mass is 285 g/mol. The van der Waals surface area contributed by atoms with E-state index in [1.807, 2.05) is 13.8 Å². The molecule has 1 atom stereocenters. The van der Waals surface area contributed by atoms with Crippen LogP contribution in [0.2, 0.25) is 0 Å². The van der Waals surface area contributed by atoms with Crippen molar-refractivity contribution in [1.82, 2.24) is 5.32 Å². The van der Waals surface area contributed by atoms with Crippen molar-refractivity contribution in [2.24, 2.45) is 5.92 Å². The minimum absolute atomic E-state index is 0.278. The van der Waals surface area contributed by atoms with E-state index in [4.69, 9.17) is 9.84 Å². The minimum atomic E-state index is -0.936. The van der Waals surface area contributed by atoms with Gasteiger partial charge < -0.3 is 9.84 Å². The highest BCUT2D eigenvalue weighted by molar-refractivity contribution is 7.10. The van der Waals surface area contributed by atoms with Crippen LogP contribution in [0.4, 0.5) is 0 Å². The SMILES string of the molecule is COC(=O)C(CC(C)C)NCc1cc(C(=O)O)cs1. The average Bonchev–Trinajstić information content (AvgIpc) is 2.82. The molecule has 0 aliphatic rings. The minimum Gasteiger partial charge on any atom is -0.478 e. The number of nitrogens with one attached hydrogen (secondary N) is 1. The molecule has 6 heteroatoms. The zero-order valence-corrected chi connectivity index (χ0v) is 12.1. The molecule has 0 saturated heterocycles. The highest BCUT2D eigenvalue weighted by Gasteiger charge is 2.20. The molecule has 1 unspecified atom stereocenters. The van der Waals surface area contributed by atoms with Gasteiger partial charge in [-0.05, 0) is 18.4 Å². The number of aromatic carboxylic acids is 1. The van der Waals surface area contributed by atoms with E-state index in [9.17, 15) is 9.59 Å². The zero-order valence-electron chi connectivity index (χ0n) is 11.3. The molecule has 0 saturated carbocycles. The van der Waals surface area contributed by atoms with Crippen LogP contribution < -0.4 is 5.32 Å². The molecule has 0 spiro atoms. The molecular formula is C13H19NO4S. The van der Waals surface area contributed by atoms with E-state index in [0.29, 0.717) is 18.9 Å². The lowest BCUT2D eigenvalue weighted by Gasteiger charge is -2.17. The topological polar surface area (TPSA) is 75.6 Å². The standard InChI is InChI=1S/C13H19NO4S/c1-8(2)4-11(13(17)18-3)14-6-10-5-9(7-19-10)12(15)16/h5,7-8,11,14H,4,6H2,1-3H3,(H,15,16). The highest BCUT2D eigenvalue weighted by atomic mass is 32.1. The molecule has 1 rings (SSSR count). The first-order valence-electron chi connectivity index (χ1n) is 6.06. The predicted molar refractivity (Wildman–Crippen MR) is 73.4 cm³/mol. The Labute approximate surface area is 116 Å². The molecule has 1 aromatic heterocycles. The van der Waals surface area contributed by atoms with Crippen LogP contribution >= 0.6 is 11.3 Å². The molecule has 0 aliphatic heterocycles. The van der Waals surface area contributed by atoms with E-state index in [1.54, 1.807) is 11.4 Å². The number of hydrogen-bond donors (Lipinski definition) is 2. The van der Waals surface area contributed by atoms with Gasteiger partial charge in [-0.2, -0.15) is 0 Å². The van der Waals surface area contributed by atoms with Crippen LogP contribution in [0.25, 0.3) is 0 Å². The van der Waals surface area contributed by atoms with Gasteiger partial charge in [-0.15, -0.1) is 11.3 Å². The number of rotatable bonds is 7. The van der Waals surface area contributed by atoms with Crippen molar-refractivity contribution in [3.05, 3.63) is 21.9 Å². The first kappa shape index (κ1) is 15.7. The van der Waals surface area contributed by atoms with Gasteiger partial charge in [0.2, 0.25) is 0 Å². The van der Waals surface area contributed by atoms with Gasteiger partial charge in [0.25, 0.3) is 0 Å². The van der Waals surface area contributed by atoms with Crippen LogP contribution in [0.15, 0.2) is 11.4 Å². The van der Waals surface area contributed by atoms with Crippen LogP contribution in [-0.4, -0.2) is 30.2 Å². The fourth-order valence-corrected chi connectivity index (χ4v) is 2.49. The van der Waals surface area contributed by atoms with Crippen LogP contribution in [0.5, 0.6) is 0 Å². The Morgan fingerprint density at radius 1 is 1.47 bits per heavy atom. The fourth-order valence-electron chi connectivity index (χ4n) is 1.69. The van der Waals surface area contributed by atoms with Crippen molar-refractivity contribution in [3.63, 3.8) is 0 Å². The normalized spacial score (nSPS) is 12.4. The number of carboxylic acid groups (broad SMARTS) is 1. The third kappa shape index (κ3) is 5.00. The molecule has 106 valence electrons. The second-order valence-electron chi connectivity index (χ2n) is 4.69. The van der Waals surface area contributed by atoms with Crippen LogP contribution in [0, 0.1) is 5.92 Å². The van der Waals surface area contributed by atoms with Gasteiger partial charge in [0.05, 0.1) is 12.7 Å². The lowest BCUT2D eigenvalue weighted by Crippen LogP contribution is -2.38. The molecule has 2 N–H and O–H groups in total. The molecule has 0 amide bonds. The van der Waals surface area contributed by atoms with Gasteiger partial charge in [0.15, 0.2) is 0 Å². The van der Waals surface area contributed by atoms with Gasteiger partial charge in [0, 0.05) is 16.8 Å². The Bertz CT molecular complexity index is 442. The maximum atomic E-state index is 11.6. The fraction of sp³-hybridized carbons (Fsp3) is 0.538. The summed E-state index contributed by atoms with van der Waals surface area (Å²) in [6.45, 7) is 4.53. The van der Waals surface area contributed by atoms with Gasteiger partial charge in [-0.1, -0.05) is 13.8 Å². The summed E-state index contributed by atoms with van der Waals surface area (Å²) in [6, 6.07) is 1.25. The Hall–Kier alpha value is -1.40. The average molecular weight is 285 g/mol. The Kier molecular flexibility index (Phi) is 5.98. The lowest BCUT2D eigenvalue weighted by atomic mass is 10.0. The first-order chi connectivity index (χ1) is 8.93. The van der Waals surface area contributed by atoms with Crippen LogP contribution in [0.1, 0.15) is 35.5 Å². The summed E-state index contributed by atoms with van der Waals surface area (Å²) < 4.78 is 4.75. The largest absolute Gasteiger partial charge is 0.478 e. The maximum absolute atomic E-state index is 11.6. The second-order valence-corrected chi connectivity index (χ2v) is 5.69. The van der Waals surface area contributed by atoms with E-state index < -0.39 is 5.97 Å². The molecule has 0 radical (unpaired) electrons. The van der Waals surface area contributed by atoms with E-state index in [1.165, 1.54) is 18.4 Å². The third-order valence-corrected chi connectivity index (χ3v) is 3.55. The Morgan fingerprint density at radius 2 is 2.16 bits per heavy atom. The molecule has 0 aromatic carbocycles. The summed E-state index contributed by atoms with van der Waals surface area (Å²) in [7, 11) is 1.37. The smallest absolute Gasteiger partial charge is 0.336 e. The van der Waals surface area contributed by atoms with Crippen LogP contribution in [0.3, 0.4) is 0 Å². The summed E-state index contributed by atoms with van der Waals surface area (Å²) >= 11 is 1.36. The quantitative estimate of drug-likeness (QED) is 0.751. The summed E-state index contributed by atoms with van der Waals surface area (Å²) in [5.41, 5.74) is 0.278. The van der Waals surface area contributed by atoms with Gasteiger partial charge in [0.1, 0.15) is 6.04 Å². The highest BCUT2D eigenvalue weighted by Crippen LogP contribution is 2.15. The molecule has 0 fully saturated rings. The summed E-state index contributed by atoms with van der Waals surface area (Å²) in [5.74, 6) is -0.854. The third-order valence-electron chi connectivity index (χ3n) is 2.62. The van der Waals surface area contributed by atoms with Gasteiger partial charge in [-0.25, -0.2) is 4.79 Å². The second kappa shape index (κ2) is 7.25. The number of hydrogen-bond acceptors (Lipinski definition) is 5. The molecule has 0 aliphatic carbocycles. The number of thiophene rings is 1.